The summed E-state index contributed by atoms with van der Waals surface area (Å²) in [6.07, 6.45) is -0.905. The molecule has 0 bridgehead atoms. The summed E-state index contributed by atoms with van der Waals surface area (Å²) in [4.78, 5) is 40.9. The van der Waals surface area contributed by atoms with Crippen LogP contribution in [0.15, 0.2) is 41.8 Å². The van der Waals surface area contributed by atoms with Gasteiger partial charge in [-0.25, -0.2) is 4.79 Å². The predicted octanol–water partition coefficient (Wildman–Crippen LogP) is 1.42. The molecule has 4 rings (SSSR count). The van der Waals surface area contributed by atoms with Gasteiger partial charge in [0.2, 0.25) is 6.10 Å². The number of nitrogens with zero attached hydrogens (tertiary/aromatic N) is 2. The Morgan fingerprint density at radius 1 is 1.00 bits per heavy atom. The van der Waals surface area contributed by atoms with Crippen LogP contribution in [-0.4, -0.2) is 73.1 Å². The zero-order chi connectivity index (χ0) is 20.2. The highest BCUT2D eigenvalue weighted by Gasteiger charge is 2.30. The van der Waals surface area contributed by atoms with Crippen molar-refractivity contribution in [1.29, 1.82) is 0 Å². The minimum absolute atomic E-state index is 0.0201. The van der Waals surface area contributed by atoms with Crippen LogP contribution in [0.25, 0.3) is 0 Å². The first-order valence-corrected chi connectivity index (χ1v) is 10.2. The highest BCUT2D eigenvalue weighted by Crippen LogP contribution is 2.31. The van der Waals surface area contributed by atoms with Crippen LogP contribution >= 0.6 is 11.3 Å². The van der Waals surface area contributed by atoms with Crippen molar-refractivity contribution in [1.82, 2.24) is 9.80 Å². The van der Waals surface area contributed by atoms with E-state index in [9.17, 15) is 14.4 Å². The summed E-state index contributed by atoms with van der Waals surface area (Å²) in [6, 6.07) is 10.7. The summed E-state index contributed by atoms with van der Waals surface area (Å²) in [7, 11) is 0. The third-order valence-corrected chi connectivity index (χ3v) is 5.62. The maximum absolute atomic E-state index is 12.4. The molecule has 2 amide bonds. The first-order valence-electron chi connectivity index (χ1n) is 9.27. The maximum atomic E-state index is 12.4. The first kappa shape index (κ1) is 19.3. The van der Waals surface area contributed by atoms with Crippen molar-refractivity contribution < 1.29 is 28.6 Å². The SMILES string of the molecule is O=C(OCC(=O)N1CCN(C(=O)c2cccs2)CC1)[C@H]1COc2ccccc2O1. The lowest BCUT2D eigenvalue weighted by atomic mass is 10.2. The third-order valence-electron chi connectivity index (χ3n) is 4.76. The quantitative estimate of drug-likeness (QED) is 0.701. The van der Waals surface area contributed by atoms with Crippen LogP contribution in [0.4, 0.5) is 0 Å². The molecule has 2 aliphatic rings. The number of hydrogen-bond donors (Lipinski definition) is 0. The van der Waals surface area contributed by atoms with E-state index in [-0.39, 0.29) is 25.0 Å². The van der Waals surface area contributed by atoms with E-state index in [0.717, 1.165) is 0 Å². The Morgan fingerprint density at radius 3 is 2.45 bits per heavy atom. The number of carbonyl (C=O) groups excluding carboxylic acids is 3. The number of amides is 2. The molecule has 0 radical (unpaired) electrons. The van der Waals surface area contributed by atoms with Gasteiger partial charge in [-0.3, -0.25) is 9.59 Å². The molecule has 0 spiro atoms. The fraction of sp³-hybridized carbons (Fsp3) is 0.350. The van der Waals surface area contributed by atoms with Crippen molar-refractivity contribution in [3.05, 3.63) is 46.7 Å². The molecule has 152 valence electrons. The van der Waals surface area contributed by atoms with Crippen LogP contribution in [-0.2, 0) is 14.3 Å². The van der Waals surface area contributed by atoms with Gasteiger partial charge in [-0.05, 0) is 23.6 Å². The molecule has 1 aromatic carbocycles. The topological polar surface area (TPSA) is 85.4 Å². The molecule has 1 atom stereocenters. The number of thiophene rings is 1. The van der Waals surface area contributed by atoms with Crippen molar-refractivity contribution >= 4 is 29.1 Å². The molecule has 3 heterocycles. The first-order chi connectivity index (χ1) is 14.1. The molecule has 1 fully saturated rings. The lowest BCUT2D eigenvalue weighted by molar-refractivity contribution is -0.160. The van der Waals surface area contributed by atoms with Gasteiger partial charge in [0.05, 0.1) is 4.88 Å². The van der Waals surface area contributed by atoms with Crippen LogP contribution in [0.1, 0.15) is 9.67 Å². The Morgan fingerprint density at radius 2 is 1.72 bits per heavy atom. The van der Waals surface area contributed by atoms with Crippen LogP contribution < -0.4 is 9.47 Å². The fourth-order valence-electron chi connectivity index (χ4n) is 3.17. The average molecular weight is 416 g/mol. The van der Waals surface area contributed by atoms with Gasteiger partial charge >= 0.3 is 5.97 Å². The molecule has 2 aromatic rings. The van der Waals surface area contributed by atoms with E-state index in [2.05, 4.69) is 0 Å². The summed E-state index contributed by atoms with van der Waals surface area (Å²) >= 11 is 1.40. The number of para-hydroxylation sites is 2. The second-order valence-electron chi connectivity index (χ2n) is 6.62. The number of carbonyl (C=O) groups is 3. The van der Waals surface area contributed by atoms with E-state index in [1.807, 2.05) is 17.5 Å². The molecule has 1 aromatic heterocycles. The van der Waals surface area contributed by atoms with E-state index < -0.39 is 12.1 Å². The second-order valence-corrected chi connectivity index (χ2v) is 7.57. The van der Waals surface area contributed by atoms with Gasteiger partial charge in [-0.2, -0.15) is 0 Å². The third kappa shape index (κ3) is 4.34. The van der Waals surface area contributed by atoms with Crippen molar-refractivity contribution in [2.45, 2.75) is 6.10 Å². The minimum atomic E-state index is -0.905. The maximum Gasteiger partial charge on any atom is 0.351 e. The Hall–Kier alpha value is -3.07. The van der Waals surface area contributed by atoms with Gasteiger partial charge in [0.15, 0.2) is 18.1 Å². The van der Waals surface area contributed by atoms with Crippen LogP contribution in [0, 0.1) is 0 Å². The lowest BCUT2D eigenvalue weighted by Crippen LogP contribution is -2.51. The molecular weight excluding hydrogens is 396 g/mol. The van der Waals surface area contributed by atoms with Gasteiger partial charge in [0.1, 0.15) is 6.61 Å². The van der Waals surface area contributed by atoms with Crippen molar-refractivity contribution in [2.75, 3.05) is 39.4 Å². The average Bonchev–Trinajstić information content (AvgIpc) is 3.31. The number of hydrogen-bond acceptors (Lipinski definition) is 7. The van der Waals surface area contributed by atoms with E-state index in [1.54, 1.807) is 34.1 Å². The Balaban J connectivity index is 1.22. The minimum Gasteiger partial charge on any atom is -0.485 e. The molecule has 0 unspecified atom stereocenters. The van der Waals surface area contributed by atoms with Gasteiger partial charge in [-0.1, -0.05) is 18.2 Å². The van der Waals surface area contributed by atoms with E-state index in [0.29, 0.717) is 42.6 Å². The van der Waals surface area contributed by atoms with E-state index >= 15 is 0 Å². The standard InChI is InChI=1S/C20H20N2O6S/c23-18(21-7-9-22(10-8-21)19(24)17-6-3-11-29-17)13-27-20(25)16-12-26-14-4-1-2-5-15(14)28-16/h1-6,11,16H,7-10,12-13H2/t16-/m1/s1. The lowest BCUT2D eigenvalue weighted by Gasteiger charge is -2.34. The fourth-order valence-corrected chi connectivity index (χ4v) is 3.86. The zero-order valence-electron chi connectivity index (χ0n) is 15.6. The number of esters is 1. The Labute approximate surface area is 171 Å². The highest BCUT2D eigenvalue weighted by molar-refractivity contribution is 7.12. The molecule has 0 aliphatic carbocycles. The second kappa shape index (κ2) is 8.52. The Kier molecular flexibility index (Phi) is 5.66. The summed E-state index contributed by atoms with van der Waals surface area (Å²) in [5.41, 5.74) is 0. The van der Waals surface area contributed by atoms with Gasteiger partial charge in [-0.15, -0.1) is 11.3 Å². The molecule has 8 nitrogen and oxygen atoms in total. The predicted molar refractivity (Wildman–Crippen MR) is 104 cm³/mol. The number of fused-ring (bicyclic) bond motifs is 1. The number of piperazine rings is 1. The number of rotatable bonds is 4. The zero-order valence-corrected chi connectivity index (χ0v) is 16.4. The molecule has 2 aliphatic heterocycles. The van der Waals surface area contributed by atoms with Gasteiger partial charge < -0.3 is 24.0 Å². The van der Waals surface area contributed by atoms with Gasteiger partial charge in [0.25, 0.3) is 11.8 Å². The molecule has 29 heavy (non-hydrogen) atoms. The van der Waals surface area contributed by atoms with E-state index in [1.165, 1.54) is 11.3 Å². The molecule has 0 saturated carbocycles. The molecule has 0 N–H and O–H groups in total. The number of benzene rings is 1. The summed E-state index contributed by atoms with van der Waals surface area (Å²) < 4.78 is 16.2. The molecule has 1 saturated heterocycles. The summed E-state index contributed by atoms with van der Waals surface area (Å²) in [5, 5.41) is 1.86. The summed E-state index contributed by atoms with van der Waals surface area (Å²) in [5.74, 6) is 0.0902. The van der Waals surface area contributed by atoms with Crippen LogP contribution in [0.5, 0.6) is 11.5 Å². The Bertz CT molecular complexity index is 892. The van der Waals surface area contributed by atoms with Crippen molar-refractivity contribution in [2.24, 2.45) is 0 Å². The van der Waals surface area contributed by atoms with Crippen molar-refractivity contribution in [3.63, 3.8) is 0 Å². The largest absolute Gasteiger partial charge is 0.485 e. The van der Waals surface area contributed by atoms with Crippen molar-refractivity contribution in [3.8, 4) is 11.5 Å². The smallest absolute Gasteiger partial charge is 0.351 e. The van der Waals surface area contributed by atoms with Gasteiger partial charge in [0, 0.05) is 26.2 Å². The van der Waals surface area contributed by atoms with Crippen LogP contribution in [0.2, 0.25) is 0 Å². The van der Waals surface area contributed by atoms with Crippen LogP contribution in [0.3, 0.4) is 0 Å². The number of ether oxygens (including phenoxy) is 3. The normalized spacial score (nSPS) is 18.3. The summed E-state index contributed by atoms with van der Waals surface area (Å²) in [6.45, 7) is 1.39. The molecular formula is C20H20N2O6S. The highest BCUT2D eigenvalue weighted by atomic mass is 32.1. The monoisotopic (exact) mass is 416 g/mol. The van der Waals surface area contributed by atoms with E-state index in [4.69, 9.17) is 14.2 Å². The molecule has 9 heteroatoms.